The zero-order valence-electron chi connectivity index (χ0n) is 6.02. The van der Waals surface area contributed by atoms with E-state index in [1.807, 2.05) is 0 Å². The van der Waals surface area contributed by atoms with E-state index in [1.165, 1.54) is 4.90 Å². The fourth-order valence-electron chi connectivity index (χ4n) is 0.899. The van der Waals surface area contributed by atoms with Gasteiger partial charge in [0.15, 0.2) is 0 Å². The number of hydrogen-bond donors (Lipinski definition) is 1. The van der Waals surface area contributed by atoms with Crippen LogP contribution in [0, 0.1) is 0 Å². The van der Waals surface area contributed by atoms with Gasteiger partial charge in [0.2, 0.25) is 0 Å². The Morgan fingerprint density at radius 2 is 2.09 bits per heavy atom. The third-order valence-electron chi connectivity index (χ3n) is 1.73. The van der Waals surface area contributed by atoms with Gasteiger partial charge in [-0.15, -0.1) is 0 Å². The van der Waals surface area contributed by atoms with Gasteiger partial charge < -0.3 is 5.73 Å². The summed E-state index contributed by atoms with van der Waals surface area (Å²) in [5.41, 5.74) is 4.48. The predicted octanol–water partition coefficient (Wildman–Crippen LogP) is -0.187. The monoisotopic (exact) mass is 164 g/mol. The van der Waals surface area contributed by atoms with Crippen molar-refractivity contribution < 1.29 is 13.6 Å². The lowest BCUT2D eigenvalue weighted by atomic mass is 10.2. The molecule has 1 amide bonds. The van der Waals surface area contributed by atoms with Gasteiger partial charge in [-0.2, -0.15) is 8.78 Å². The van der Waals surface area contributed by atoms with Crippen molar-refractivity contribution in [2.24, 2.45) is 5.73 Å². The summed E-state index contributed by atoms with van der Waals surface area (Å²) < 4.78 is 25.0. The standard InChI is InChI=1S/C6H10F2N2O/c7-6(8,5(9)11)4-10-2-1-3-10/h1-4H2,(H2,9,11). The lowest BCUT2D eigenvalue weighted by Crippen LogP contribution is -2.50. The lowest BCUT2D eigenvalue weighted by Gasteiger charge is -2.32. The summed E-state index contributed by atoms with van der Waals surface area (Å²) in [6, 6.07) is 0. The highest BCUT2D eigenvalue weighted by atomic mass is 19.3. The largest absolute Gasteiger partial charge is 0.364 e. The summed E-state index contributed by atoms with van der Waals surface area (Å²) >= 11 is 0. The van der Waals surface area contributed by atoms with Crippen molar-refractivity contribution in [1.29, 1.82) is 0 Å². The average molecular weight is 164 g/mol. The normalized spacial score (nSPS) is 19.5. The first-order valence-corrected chi connectivity index (χ1v) is 3.42. The molecular formula is C6H10F2N2O. The van der Waals surface area contributed by atoms with E-state index in [-0.39, 0.29) is 0 Å². The van der Waals surface area contributed by atoms with Crippen LogP contribution in [0.3, 0.4) is 0 Å². The number of likely N-dealkylation sites (tertiary alicyclic amines) is 1. The van der Waals surface area contributed by atoms with Crippen LogP contribution < -0.4 is 5.73 Å². The molecule has 0 aromatic rings. The SMILES string of the molecule is NC(=O)C(F)(F)CN1CCC1. The van der Waals surface area contributed by atoms with Crippen LogP contribution in [0.1, 0.15) is 6.42 Å². The van der Waals surface area contributed by atoms with Crippen LogP contribution in [-0.2, 0) is 4.79 Å². The van der Waals surface area contributed by atoms with E-state index in [0.717, 1.165) is 6.42 Å². The topological polar surface area (TPSA) is 46.3 Å². The summed E-state index contributed by atoms with van der Waals surface area (Å²) in [4.78, 5) is 11.6. The average Bonchev–Trinajstić information content (AvgIpc) is 1.79. The number of carbonyl (C=O) groups is 1. The van der Waals surface area contributed by atoms with Crippen molar-refractivity contribution in [1.82, 2.24) is 4.90 Å². The number of halogens is 2. The maximum absolute atomic E-state index is 12.5. The molecule has 1 aliphatic heterocycles. The second kappa shape index (κ2) is 2.73. The second-order valence-electron chi connectivity index (χ2n) is 2.70. The van der Waals surface area contributed by atoms with Crippen LogP contribution in [0.5, 0.6) is 0 Å². The molecule has 1 saturated heterocycles. The molecule has 3 nitrogen and oxygen atoms in total. The van der Waals surface area contributed by atoms with Crippen LogP contribution in [0.4, 0.5) is 8.78 Å². The van der Waals surface area contributed by atoms with Gasteiger partial charge in [-0.3, -0.25) is 9.69 Å². The van der Waals surface area contributed by atoms with Gasteiger partial charge in [0.25, 0.3) is 5.91 Å². The number of nitrogens with zero attached hydrogens (tertiary/aromatic N) is 1. The number of alkyl halides is 2. The first-order chi connectivity index (χ1) is 5.02. The predicted molar refractivity (Wildman–Crippen MR) is 35.2 cm³/mol. The second-order valence-corrected chi connectivity index (χ2v) is 2.70. The Labute approximate surface area is 63.2 Å². The van der Waals surface area contributed by atoms with Gasteiger partial charge in [0.1, 0.15) is 0 Å². The minimum Gasteiger partial charge on any atom is -0.364 e. The molecule has 11 heavy (non-hydrogen) atoms. The fourth-order valence-corrected chi connectivity index (χ4v) is 0.899. The molecule has 1 heterocycles. The number of amides is 1. The highest BCUT2D eigenvalue weighted by Crippen LogP contribution is 2.17. The molecule has 0 radical (unpaired) electrons. The molecule has 1 aliphatic rings. The Kier molecular flexibility index (Phi) is 2.08. The summed E-state index contributed by atoms with van der Waals surface area (Å²) in [5.74, 6) is -4.90. The molecule has 0 saturated carbocycles. The molecule has 2 N–H and O–H groups in total. The van der Waals surface area contributed by atoms with Gasteiger partial charge in [-0.1, -0.05) is 0 Å². The number of hydrogen-bond acceptors (Lipinski definition) is 2. The number of nitrogens with two attached hydrogens (primary N) is 1. The molecule has 64 valence electrons. The van der Waals surface area contributed by atoms with Gasteiger partial charge in [-0.25, -0.2) is 0 Å². The van der Waals surface area contributed by atoms with Crippen LogP contribution in [-0.4, -0.2) is 36.4 Å². The zero-order chi connectivity index (χ0) is 8.48. The maximum atomic E-state index is 12.5. The number of rotatable bonds is 3. The van der Waals surface area contributed by atoms with Crippen molar-refractivity contribution in [3.05, 3.63) is 0 Å². The molecule has 0 atom stereocenters. The molecule has 1 rings (SSSR count). The van der Waals surface area contributed by atoms with Gasteiger partial charge >= 0.3 is 5.92 Å². The minimum absolute atomic E-state index is 0.525. The molecule has 0 unspecified atom stereocenters. The summed E-state index contributed by atoms with van der Waals surface area (Å²) in [5, 5.41) is 0. The third kappa shape index (κ3) is 1.86. The minimum atomic E-state index is -3.36. The summed E-state index contributed by atoms with van der Waals surface area (Å²) in [6.45, 7) is 0.758. The molecule has 0 aromatic carbocycles. The highest BCUT2D eigenvalue weighted by molar-refractivity contribution is 5.81. The van der Waals surface area contributed by atoms with Crippen LogP contribution in [0.25, 0.3) is 0 Å². The first kappa shape index (κ1) is 8.39. The molecule has 5 heteroatoms. The van der Waals surface area contributed by atoms with E-state index in [2.05, 4.69) is 5.73 Å². The first-order valence-electron chi connectivity index (χ1n) is 3.42. The Balaban J connectivity index is 2.38. The number of carbonyl (C=O) groups excluding carboxylic acids is 1. The van der Waals surface area contributed by atoms with Crippen molar-refractivity contribution in [2.45, 2.75) is 12.3 Å². The summed E-state index contributed by atoms with van der Waals surface area (Å²) in [6.07, 6.45) is 0.925. The van der Waals surface area contributed by atoms with E-state index < -0.39 is 18.4 Å². The lowest BCUT2D eigenvalue weighted by molar-refractivity contribution is -0.146. The Morgan fingerprint density at radius 1 is 1.55 bits per heavy atom. The van der Waals surface area contributed by atoms with Gasteiger partial charge in [0, 0.05) is 0 Å². The maximum Gasteiger partial charge on any atom is 0.336 e. The third-order valence-corrected chi connectivity index (χ3v) is 1.73. The smallest absolute Gasteiger partial charge is 0.336 e. The Bertz CT molecular complexity index is 168. The van der Waals surface area contributed by atoms with Gasteiger partial charge in [-0.05, 0) is 19.5 Å². The molecule has 0 aromatic heterocycles. The molecule has 1 fully saturated rings. The Morgan fingerprint density at radius 3 is 2.36 bits per heavy atom. The van der Waals surface area contributed by atoms with E-state index in [1.54, 1.807) is 0 Å². The molecule has 0 aliphatic carbocycles. The van der Waals surface area contributed by atoms with E-state index in [0.29, 0.717) is 13.1 Å². The van der Waals surface area contributed by atoms with Crippen molar-refractivity contribution in [2.75, 3.05) is 19.6 Å². The highest BCUT2D eigenvalue weighted by Gasteiger charge is 2.39. The van der Waals surface area contributed by atoms with Crippen LogP contribution >= 0.6 is 0 Å². The van der Waals surface area contributed by atoms with Crippen LogP contribution in [0.15, 0.2) is 0 Å². The zero-order valence-corrected chi connectivity index (χ0v) is 6.02. The molecule has 0 spiro atoms. The van der Waals surface area contributed by atoms with E-state index >= 15 is 0 Å². The van der Waals surface area contributed by atoms with Crippen molar-refractivity contribution in [3.63, 3.8) is 0 Å². The fraction of sp³-hybridized carbons (Fsp3) is 0.833. The van der Waals surface area contributed by atoms with Crippen molar-refractivity contribution in [3.8, 4) is 0 Å². The molecular weight excluding hydrogens is 154 g/mol. The van der Waals surface area contributed by atoms with E-state index in [9.17, 15) is 13.6 Å². The van der Waals surface area contributed by atoms with Crippen LogP contribution in [0.2, 0.25) is 0 Å². The molecule has 0 bridgehead atoms. The van der Waals surface area contributed by atoms with Crippen molar-refractivity contribution >= 4 is 5.91 Å². The number of primary amides is 1. The van der Waals surface area contributed by atoms with E-state index in [4.69, 9.17) is 0 Å². The van der Waals surface area contributed by atoms with Gasteiger partial charge in [0.05, 0.1) is 6.54 Å². The Hall–Kier alpha value is -0.710. The quantitative estimate of drug-likeness (QED) is 0.628. The summed E-state index contributed by atoms with van der Waals surface area (Å²) in [7, 11) is 0.